The van der Waals surface area contributed by atoms with Gasteiger partial charge >= 0.3 is 0 Å². The Bertz CT molecular complexity index is 1610. The number of aliphatic hydroxyl groups is 3. The molecule has 0 spiro atoms. The van der Waals surface area contributed by atoms with Gasteiger partial charge in [-0.15, -0.1) is 0 Å². The third-order valence-corrected chi connectivity index (χ3v) is 11.3. The molecule has 3 aliphatic heterocycles. The second-order valence-electron chi connectivity index (χ2n) is 16.5. The zero-order valence-electron chi connectivity index (χ0n) is 43.5. The summed E-state index contributed by atoms with van der Waals surface area (Å²) in [6.45, 7) is 9.57. The first-order valence-electron chi connectivity index (χ1n) is 25.5. The Kier molecular flexibility index (Phi) is 40.2. The minimum absolute atomic E-state index is 0.143. The maximum atomic E-state index is 12.1. The van der Waals surface area contributed by atoms with Crippen molar-refractivity contribution in [2.45, 2.75) is 81.7 Å². The number of rotatable bonds is 52. The Morgan fingerprint density at radius 3 is 1.22 bits per heavy atom. The van der Waals surface area contributed by atoms with Gasteiger partial charge in [-0.05, 0) is 54.1 Å². The van der Waals surface area contributed by atoms with Crippen LogP contribution in [0.15, 0.2) is 20.8 Å². The lowest BCUT2D eigenvalue weighted by atomic mass is 9.76. The number of aliphatic imine (C=N–C) groups is 1. The third-order valence-electron chi connectivity index (χ3n) is 11.3. The molecule has 0 bridgehead atoms. The van der Waals surface area contributed by atoms with Gasteiger partial charge in [-0.3, -0.25) is 0 Å². The summed E-state index contributed by atoms with van der Waals surface area (Å²) in [5, 5.41) is 42.8. The SMILES string of the molecule is CC1=NC2C(O1)OC(CO)C(OC1OC(CCCOCCOCCOCCOCCON=[N+]=[N-])C(CCOCCOCCOCCOCCON=[N+]=[N-])C(CCOCCOCCOCCOCCON=[N+]=[N-])C1O)C2O. The van der Waals surface area contributed by atoms with Crippen molar-refractivity contribution < 1.29 is 106 Å². The molecule has 10 atom stereocenters. The van der Waals surface area contributed by atoms with Crippen LogP contribution in [0.4, 0.5) is 0 Å². The maximum absolute atomic E-state index is 12.1. The van der Waals surface area contributed by atoms with Crippen LogP contribution in [0.1, 0.15) is 32.6 Å². The molecule has 32 heteroatoms. The summed E-state index contributed by atoms with van der Waals surface area (Å²) in [7, 11) is 0. The first kappa shape index (κ1) is 66.4. The second kappa shape index (κ2) is 46.0. The predicted octanol–water partition coefficient (Wildman–Crippen LogP) is 2.07. The van der Waals surface area contributed by atoms with Crippen molar-refractivity contribution in [1.29, 1.82) is 0 Å². The fraction of sp³-hybridized carbons (Fsp3) is 0.977. The molecule has 76 heavy (non-hydrogen) atoms. The molecule has 0 aliphatic carbocycles. The summed E-state index contributed by atoms with van der Waals surface area (Å²) < 4.78 is 92.0. The molecular weight excluding hydrogens is 1020 g/mol. The van der Waals surface area contributed by atoms with E-state index in [1.165, 1.54) is 0 Å². The largest absolute Gasteiger partial charge is 0.450 e. The average molecular weight is 1100 g/mol. The lowest BCUT2D eigenvalue weighted by Gasteiger charge is -2.48. The van der Waals surface area contributed by atoms with Crippen LogP contribution in [0.2, 0.25) is 0 Å². The Labute approximate surface area is 441 Å². The number of azide groups is 3. The van der Waals surface area contributed by atoms with Crippen LogP contribution < -0.4 is 0 Å². The molecule has 0 aromatic carbocycles. The van der Waals surface area contributed by atoms with E-state index in [1.807, 2.05) is 0 Å². The topological polar surface area (TPSA) is 395 Å². The molecule has 3 N–H and O–H groups in total. The van der Waals surface area contributed by atoms with Gasteiger partial charge in [0.15, 0.2) is 12.2 Å². The molecule has 2 fully saturated rings. The van der Waals surface area contributed by atoms with E-state index in [9.17, 15) is 15.3 Å². The molecule has 0 aromatic rings. The molecule has 10 unspecified atom stereocenters. The Morgan fingerprint density at radius 1 is 0.461 bits per heavy atom. The molecular formula is C44H80N10O22. The fourth-order valence-corrected chi connectivity index (χ4v) is 7.88. The zero-order valence-corrected chi connectivity index (χ0v) is 43.5. The highest BCUT2D eigenvalue weighted by Gasteiger charge is 2.53. The number of hydrogen-bond donors (Lipinski definition) is 3. The Morgan fingerprint density at radius 2 is 0.829 bits per heavy atom. The van der Waals surface area contributed by atoms with Crippen molar-refractivity contribution in [3.05, 3.63) is 31.3 Å². The van der Waals surface area contributed by atoms with Crippen molar-refractivity contribution in [3.8, 4) is 0 Å². The first-order valence-corrected chi connectivity index (χ1v) is 25.5. The van der Waals surface area contributed by atoms with Crippen LogP contribution in [0.3, 0.4) is 0 Å². The zero-order chi connectivity index (χ0) is 54.4. The summed E-state index contributed by atoms with van der Waals surface area (Å²) in [5.74, 6) is -0.333. The van der Waals surface area contributed by atoms with Crippen LogP contribution >= 0.6 is 0 Å². The van der Waals surface area contributed by atoms with Gasteiger partial charge in [-0.25, -0.2) is 4.99 Å². The summed E-state index contributed by atoms with van der Waals surface area (Å²) in [6, 6.07) is -0.804. The highest BCUT2D eigenvalue weighted by atomic mass is 16.7. The summed E-state index contributed by atoms with van der Waals surface area (Å²) in [4.78, 5) is 25.7. The molecule has 0 radical (unpaired) electrons. The van der Waals surface area contributed by atoms with Gasteiger partial charge in [-0.2, -0.15) is 0 Å². The van der Waals surface area contributed by atoms with E-state index in [2.05, 4.69) is 50.1 Å². The van der Waals surface area contributed by atoms with E-state index >= 15 is 0 Å². The van der Waals surface area contributed by atoms with Gasteiger partial charge in [0.2, 0.25) is 6.29 Å². The van der Waals surface area contributed by atoms with E-state index in [0.717, 1.165) is 0 Å². The molecule has 3 rings (SSSR count). The summed E-state index contributed by atoms with van der Waals surface area (Å²) >= 11 is 0. The number of fused-ring (bicyclic) bond motifs is 1. The van der Waals surface area contributed by atoms with Crippen LogP contribution in [0.5, 0.6) is 0 Å². The van der Waals surface area contributed by atoms with Crippen LogP contribution in [0.25, 0.3) is 31.3 Å². The van der Waals surface area contributed by atoms with Crippen molar-refractivity contribution in [2.75, 3.05) is 185 Å². The third kappa shape index (κ3) is 30.3. The van der Waals surface area contributed by atoms with E-state index in [0.29, 0.717) is 157 Å². The number of hydrogen-bond acceptors (Lipinski definition) is 26. The molecule has 0 saturated carbocycles. The molecule has 3 heterocycles. The van der Waals surface area contributed by atoms with Crippen molar-refractivity contribution >= 4 is 5.90 Å². The quantitative estimate of drug-likeness (QED) is 0.0258. The van der Waals surface area contributed by atoms with Crippen LogP contribution in [-0.4, -0.2) is 255 Å². The number of nitrogens with zero attached hydrogens (tertiary/aromatic N) is 10. The van der Waals surface area contributed by atoms with Crippen molar-refractivity contribution in [2.24, 2.45) is 32.7 Å². The van der Waals surface area contributed by atoms with Gasteiger partial charge in [-0.1, -0.05) is 0 Å². The van der Waals surface area contributed by atoms with Crippen LogP contribution in [-0.2, 0) is 90.3 Å². The maximum Gasteiger partial charge on any atom is 0.227 e. The summed E-state index contributed by atoms with van der Waals surface area (Å²) in [5.41, 5.74) is 24.6. The Hall–Kier alpha value is -3.92. The van der Waals surface area contributed by atoms with E-state index in [1.54, 1.807) is 6.92 Å². The normalized spacial score (nSPS) is 23.9. The highest BCUT2D eigenvalue weighted by Crippen LogP contribution is 2.40. The average Bonchev–Trinajstić information content (AvgIpc) is 3.82. The molecule has 438 valence electrons. The number of aliphatic hydroxyl groups excluding tert-OH is 3. The fourth-order valence-electron chi connectivity index (χ4n) is 7.88. The van der Waals surface area contributed by atoms with Gasteiger partial charge < -0.3 is 106 Å². The number of ether oxygens (including phenoxy) is 16. The van der Waals surface area contributed by atoms with Crippen LogP contribution in [0, 0.1) is 11.8 Å². The smallest absolute Gasteiger partial charge is 0.227 e. The lowest BCUT2D eigenvalue weighted by molar-refractivity contribution is -0.330. The molecule has 3 aliphatic rings. The van der Waals surface area contributed by atoms with Gasteiger partial charge in [0, 0.05) is 41.5 Å². The van der Waals surface area contributed by atoms with Gasteiger partial charge in [0.1, 0.15) is 66.1 Å². The van der Waals surface area contributed by atoms with Gasteiger partial charge in [0.25, 0.3) is 0 Å². The summed E-state index contributed by atoms with van der Waals surface area (Å²) in [6.07, 6.45) is -5.11. The van der Waals surface area contributed by atoms with Crippen molar-refractivity contribution in [1.82, 2.24) is 0 Å². The molecule has 0 aromatic heterocycles. The second-order valence-corrected chi connectivity index (χ2v) is 16.5. The Balaban J connectivity index is 1.54. The standard InChI is InChI=1S/C44H80N10O22/c1-34-48-39-41(57)42(38(33-55)75-43(39)73-34)76-44-40(56)36(5-8-60-11-14-63-17-20-66-23-26-69-29-32-72-54-51-47)35(4-7-59-10-13-62-16-19-65-22-25-68-28-31-71-53-50-46)37(74-44)3-2-6-58-9-12-61-15-18-64-21-24-67-27-30-70-52-49-45/h35-44,55-57H,2-33H2,1H3. The van der Waals surface area contributed by atoms with Gasteiger partial charge in [0.05, 0.1) is 151 Å². The first-order chi connectivity index (χ1) is 37.4. The minimum atomic E-state index is -1.24. The van der Waals surface area contributed by atoms with Crippen molar-refractivity contribution in [3.63, 3.8) is 0 Å². The predicted molar refractivity (Wildman–Crippen MR) is 260 cm³/mol. The lowest BCUT2D eigenvalue weighted by Crippen LogP contribution is -2.61. The van der Waals surface area contributed by atoms with E-state index < -0.39 is 61.7 Å². The van der Waals surface area contributed by atoms with E-state index in [4.69, 9.17) is 92.4 Å². The van der Waals surface area contributed by atoms with E-state index in [-0.39, 0.29) is 58.8 Å². The monoisotopic (exact) mass is 1100 g/mol. The minimum Gasteiger partial charge on any atom is -0.450 e. The highest BCUT2D eigenvalue weighted by molar-refractivity contribution is 5.75. The molecule has 2 saturated heterocycles. The molecule has 0 amide bonds. The molecule has 32 nitrogen and oxygen atoms in total.